The summed E-state index contributed by atoms with van der Waals surface area (Å²) in [4.78, 5) is 0. The van der Waals surface area contributed by atoms with Gasteiger partial charge in [-0.25, -0.2) is 4.39 Å². The standard InChI is InChI=1S/C5HCl2F9/c6-1(8)2(9,10)3(11,12)4(13,14)5(7,15)16/h1H. The highest BCUT2D eigenvalue weighted by atomic mass is 35.5. The maximum Gasteiger partial charge on any atom is 0.392 e. The first-order chi connectivity index (χ1) is 6.69. The van der Waals surface area contributed by atoms with Crippen molar-refractivity contribution >= 4 is 23.2 Å². The van der Waals surface area contributed by atoms with E-state index in [4.69, 9.17) is 0 Å². The van der Waals surface area contributed by atoms with Crippen LogP contribution in [0, 0.1) is 0 Å². The van der Waals surface area contributed by atoms with Crippen LogP contribution in [0.15, 0.2) is 0 Å². The zero-order chi connectivity index (χ0) is 13.6. The lowest BCUT2D eigenvalue weighted by Gasteiger charge is -2.34. The molecule has 0 aliphatic heterocycles. The van der Waals surface area contributed by atoms with Gasteiger partial charge in [-0.2, -0.15) is 35.1 Å². The first-order valence-corrected chi connectivity index (χ1v) is 3.99. The minimum absolute atomic E-state index is 3.56. The third-order valence-corrected chi connectivity index (χ3v) is 1.95. The van der Waals surface area contributed by atoms with Crippen molar-refractivity contribution in [1.82, 2.24) is 0 Å². The fourth-order valence-corrected chi connectivity index (χ4v) is 0.780. The minimum atomic E-state index is -6.76. The van der Waals surface area contributed by atoms with Gasteiger partial charge in [0, 0.05) is 0 Å². The van der Waals surface area contributed by atoms with Crippen LogP contribution in [0.5, 0.6) is 0 Å². The first-order valence-electron chi connectivity index (χ1n) is 3.18. The zero-order valence-corrected chi connectivity index (χ0v) is 8.25. The smallest absolute Gasteiger partial charge is 0.223 e. The molecule has 0 aromatic rings. The minimum Gasteiger partial charge on any atom is -0.223 e. The van der Waals surface area contributed by atoms with E-state index in [9.17, 15) is 39.5 Å². The van der Waals surface area contributed by atoms with Gasteiger partial charge < -0.3 is 0 Å². The van der Waals surface area contributed by atoms with Crippen LogP contribution in [0.4, 0.5) is 39.5 Å². The van der Waals surface area contributed by atoms with E-state index in [1.807, 2.05) is 0 Å². The van der Waals surface area contributed by atoms with Gasteiger partial charge in [-0.3, -0.25) is 0 Å². The number of hydrogen-bond acceptors (Lipinski definition) is 0. The molecule has 0 aromatic heterocycles. The Kier molecular flexibility index (Phi) is 3.99. The van der Waals surface area contributed by atoms with E-state index in [1.165, 1.54) is 0 Å². The molecule has 0 radical (unpaired) electrons. The molecule has 0 amide bonds. The molecule has 0 aliphatic rings. The van der Waals surface area contributed by atoms with Gasteiger partial charge in [0.15, 0.2) is 0 Å². The molecular weight excluding hydrogens is 302 g/mol. The van der Waals surface area contributed by atoms with Gasteiger partial charge in [0.2, 0.25) is 5.63 Å². The molecule has 98 valence electrons. The topological polar surface area (TPSA) is 0 Å². The van der Waals surface area contributed by atoms with E-state index < -0.39 is 28.8 Å². The average Bonchev–Trinajstić information content (AvgIpc) is 2.00. The summed E-state index contributed by atoms with van der Waals surface area (Å²) in [7, 11) is 0. The van der Waals surface area contributed by atoms with Gasteiger partial charge in [0.25, 0.3) is 0 Å². The van der Waals surface area contributed by atoms with Crippen LogP contribution < -0.4 is 0 Å². The first kappa shape index (κ1) is 16.0. The summed E-state index contributed by atoms with van der Waals surface area (Å²) in [5, 5.41) is -5.99. The zero-order valence-electron chi connectivity index (χ0n) is 6.73. The van der Waals surface area contributed by atoms with Crippen molar-refractivity contribution in [2.75, 3.05) is 0 Å². The lowest BCUT2D eigenvalue weighted by molar-refractivity contribution is -0.353. The largest absolute Gasteiger partial charge is 0.392 e. The van der Waals surface area contributed by atoms with E-state index in [0.717, 1.165) is 0 Å². The molecule has 0 fully saturated rings. The van der Waals surface area contributed by atoms with Gasteiger partial charge in [-0.05, 0) is 11.6 Å². The van der Waals surface area contributed by atoms with Crippen molar-refractivity contribution < 1.29 is 39.5 Å². The maximum atomic E-state index is 12.3. The lowest BCUT2D eigenvalue weighted by atomic mass is 10.1. The summed E-state index contributed by atoms with van der Waals surface area (Å²) < 4.78 is 109. The third-order valence-electron chi connectivity index (χ3n) is 1.44. The summed E-state index contributed by atoms with van der Waals surface area (Å²) in [6.07, 6.45) is 0. The highest BCUT2D eigenvalue weighted by Gasteiger charge is 2.82. The van der Waals surface area contributed by atoms with Crippen LogP contribution in [0.3, 0.4) is 0 Å². The van der Waals surface area contributed by atoms with Crippen molar-refractivity contribution in [2.24, 2.45) is 0 Å². The molecule has 0 spiro atoms. The predicted octanol–water partition coefficient (Wildman–Crippen LogP) is 4.26. The number of hydrogen-bond donors (Lipinski definition) is 0. The Morgan fingerprint density at radius 1 is 0.750 bits per heavy atom. The molecule has 0 rings (SSSR count). The second kappa shape index (κ2) is 4.01. The Hall–Kier alpha value is -0.0500. The molecule has 0 nitrogen and oxygen atoms in total. The Labute approximate surface area is 92.3 Å². The van der Waals surface area contributed by atoms with Gasteiger partial charge >= 0.3 is 23.1 Å². The SMILES string of the molecule is FC(Cl)C(F)(F)C(F)(F)C(F)(F)C(F)(F)Cl. The van der Waals surface area contributed by atoms with E-state index in [1.54, 1.807) is 0 Å². The summed E-state index contributed by atoms with van der Waals surface area (Å²) in [6.45, 7) is 0. The Balaban J connectivity index is 5.53. The molecule has 0 saturated carbocycles. The molecule has 16 heavy (non-hydrogen) atoms. The molecule has 1 atom stereocenters. The molecule has 1 unspecified atom stereocenters. The monoisotopic (exact) mass is 302 g/mol. The van der Waals surface area contributed by atoms with E-state index >= 15 is 0 Å². The van der Waals surface area contributed by atoms with E-state index in [2.05, 4.69) is 23.2 Å². The van der Waals surface area contributed by atoms with Crippen LogP contribution in [-0.4, -0.2) is 28.8 Å². The van der Waals surface area contributed by atoms with Crippen LogP contribution in [0.2, 0.25) is 0 Å². The average molecular weight is 303 g/mol. The third kappa shape index (κ3) is 2.15. The van der Waals surface area contributed by atoms with Crippen LogP contribution in [0.1, 0.15) is 0 Å². The van der Waals surface area contributed by atoms with Gasteiger partial charge in [-0.15, -0.1) is 0 Å². The maximum absolute atomic E-state index is 12.3. The van der Waals surface area contributed by atoms with E-state index in [0.29, 0.717) is 0 Å². The van der Waals surface area contributed by atoms with Gasteiger partial charge in [0.1, 0.15) is 0 Å². The van der Waals surface area contributed by atoms with Crippen molar-refractivity contribution in [3.8, 4) is 0 Å². The highest BCUT2D eigenvalue weighted by molar-refractivity contribution is 6.22. The normalized spacial score (nSPS) is 17.4. The highest BCUT2D eigenvalue weighted by Crippen LogP contribution is 2.55. The molecule has 0 heterocycles. The second-order valence-corrected chi connectivity index (χ2v) is 3.43. The molecular formula is C5HCl2F9. The van der Waals surface area contributed by atoms with Crippen molar-refractivity contribution in [1.29, 1.82) is 0 Å². The molecule has 0 aromatic carbocycles. The quantitative estimate of drug-likeness (QED) is 0.538. The second-order valence-electron chi connectivity index (χ2n) is 2.57. The van der Waals surface area contributed by atoms with Crippen molar-refractivity contribution in [3.05, 3.63) is 0 Å². The fraction of sp³-hybridized carbons (Fsp3) is 1.00. The summed E-state index contributed by atoms with van der Waals surface area (Å²) in [5.74, 6) is -19.6. The molecule has 0 bridgehead atoms. The van der Waals surface area contributed by atoms with Gasteiger partial charge in [0.05, 0.1) is 0 Å². The number of rotatable bonds is 4. The molecule has 11 heteroatoms. The number of halogens is 11. The summed E-state index contributed by atoms with van der Waals surface area (Å²) in [5.41, 5.74) is -4.28. The summed E-state index contributed by atoms with van der Waals surface area (Å²) >= 11 is 7.45. The van der Waals surface area contributed by atoms with Gasteiger partial charge in [-0.1, -0.05) is 11.6 Å². The van der Waals surface area contributed by atoms with Crippen LogP contribution in [-0.2, 0) is 0 Å². The Morgan fingerprint density at radius 3 is 1.25 bits per heavy atom. The fourth-order valence-electron chi connectivity index (χ4n) is 0.524. The number of alkyl halides is 11. The van der Waals surface area contributed by atoms with Crippen LogP contribution in [0.25, 0.3) is 0 Å². The molecule has 0 aliphatic carbocycles. The van der Waals surface area contributed by atoms with Crippen molar-refractivity contribution in [2.45, 2.75) is 28.8 Å². The van der Waals surface area contributed by atoms with Crippen molar-refractivity contribution in [3.63, 3.8) is 0 Å². The van der Waals surface area contributed by atoms with Crippen LogP contribution >= 0.6 is 23.2 Å². The Bertz CT molecular complexity index is 255. The lowest BCUT2D eigenvalue weighted by Crippen LogP contribution is -2.62. The predicted molar refractivity (Wildman–Crippen MR) is 36.4 cm³/mol. The molecule has 0 N–H and O–H groups in total. The molecule has 0 saturated heterocycles. The van der Waals surface area contributed by atoms with E-state index in [-0.39, 0.29) is 0 Å². The summed E-state index contributed by atoms with van der Waals surface area (Å²) in [6, 6.07) is 0. The Morgan fingerprint density at radius 2 is 1.06 bits per heavy atom.